The Morgan fingerprint density at radius 2 is 2.10 bits per heavy atom. The van der Waals surface area contributed by atoms with E-state index < -0.39 is 24.3 Å². The summed E-state index contributed by atoms with van der Waals surface area (Å²) in [4.78, 5) is 16.9. The van der Waals surface area contributed by atoms with Gasteiger partial charge in [-0.2, -0.15) is 0 Å². The number of likely N-dealkylation sites (tertiary alicyclic amines) is 1. The van der Waals surface area contributed by atoms with Crippen molar-refractivity contribution >= 4 is 5.91 Å². The zero-order valence-corrected chi connectivity index (χ0v) is 11.9. The maximum Gasteiger partial charge on any atom is 0.216 e. The minimum atomic E-state index is -1.05. The van der Waals surface area contributed by atoms with E-state index in [1.165, 1.54) is 6.92 Å². The molecule has 0 bridgehead atoms. The van der Waals surface area contributed by atoms with Crippen LogP contribution in [0.1, 0.15) is 12.5 Å². The van der Waals surface area contributed by atoms with E-state index >= 15 is 0 Å². The second kappa shape index (κ2) is 6.95. The average Bonchev–Trinajstić information content (AvgIpc) is 2.69. The first-order chi connectivity index (χ1) is 10.0. The van der Waals surface area contributed by atoms with E-state index in [1.54, 1.807) is 18.5 Å². The molecule has 1 aliphatic rings. The second-order valence-electron chi connectivity index (χ2n) is 5.27. The number of aliphatic hydroxyl groups is 3. The number of aliphatic hydroxyl groups excluding tert-OH is 3. The quantitative estimate of drug-likeness (QED) is 0.526. The van der Waals surface area contributed by atoms with Gasteiger partial charge in [0, 0.05) is 32.4 Å². The Balaban J connectivity index is 2.16. The average molecular weight is 295 g/mol. The van der Waals surface area contributed by atoms with Gasteiger partial charge in [0.2, 0.25) is 5.91 Å². The summed E-state index contributed by atoms with van der Waals surface area (Å²) in [6, 6.07) is 2.66. The third-order valence-electron chi connectivity index (χ3n) is 3.83. The third-order valence-corrected chi connectivity index (χ3v) is 3.83. The topological polar surface area (TPSA) is 106 Å². The predicted octanol–water partition coefficient (Wildman–Crippen LogP) is -1.52. The fourth-order valence-corrected chi connectivity index (χ4v) is 2.73. The smallest absolute Gasteiger partial charge is 0.216 e. The van der Waals surface area contributed by atoms with E-state index in [9.17, 15) is 20.1 Å². The highest BCUT2D eigenvalue weighted by Gasteiger charge is 2.46. The number of nitrogens with zero attached hydrogens (tertiary/aromatic N) is 2. The van der Waals surface area contributed by atoms with Crippen LogP contribution in [0.3, 0.4) is 0 Å². The molecule has 2 rings (SSSR count). The Kier molecular flexibility index (Phi) is 5.24. The molecule has 2 heterocycles. The van der Waals surface area contributed by atoms with Crippen molar-refractivity contribution in [1.29, 1.82) is 0 Å². The predicted molar refractivity (Wildman–Crippen MR) is 75.1 cm³/mol. The monoisotopic (exact) mass is 295 g/mol. The zero-order chi connectivity index (χ0) is 15.4. The van der Waals surface area contributed by atoms with Crippen LogP contribution in [0.15, 0.2) is 24.5 Å². The molecule has 1 aromatic rings. The highest BCUT2D eigenvalue weighted by Crippen LogP contribution is 2.26. The van der Waals surface area contributed by atoms with Gasteiger partial charge in [-0.3, -0.25) is 14.7 Å². The Hall–Kier alpha value is -1.54. The summed E-state index contributed by atoms with van der Waals surface area (Å²) >= 11 is 0. The summed E-state index contributed by atoms with van der Waals surface area (Å²) in [6.45, 7) is 1.77. The summed E-state index contributed by atoms with van der Waals surface area (Å²) in [6.07, 6.45) is 1.28. The van der Waals surface area contributed by atoms with Gasteiger partial charge in [0.15, 0.2) is 0 Å². The number of carbonyl (C=O) groups excluding carboxylic acids is 1. The fourth-order valence-electron chi connectivity index (χ4n) is 2.73. The minimum absolute atomic E-state index is 0.203. The van der Waals surface area contributed by atoms with Crippen molar-refractivity contribution in [3.8, 4) is 0 Å². The molecule has 7 heteroatoms. The molecule has 0 aromatic carbocycles. The zero-order valence-electron chi connectivity index (χ0n) is 11.9. The van der Waals surface area contributed by atoms with Crippen LogP contribution >= 0.6 is 0 Å². The molecular weight excluding hydrogens is 274 g/mol. The molecule has 4 N–H and O–H groups in total. The summed E-state index contributed by atoms with van der Waals surface area (Å²) in [5, 5.41) is 32.3. The van der Waals surface area contributed by atoms with Gasteiger partial charge in [0.25, 0.3) is 0 Å². The number of amides is 1. The van der Waals surface area contributed by atoms with Crippen molar-refractivity contribution in [2.75, 3.05) is 13.2 Å². The largest absolute Gasteiger partial charge is 0.395 e. The molecule has 116 valence electrons. The van der Waals surface area contributed by atoms with Crippen LogP contribution in [-0.2, 0) is 11.3 Å². The molecule has 0 saturated carbocycles. The molecule has 1 aromatic heterocycles. The van der Waals surface area contributed by atoms with Crippen LogP contribution in [0.2, 0.25) is 0 Å². The Morgan fingerprint density at radius 3 is 2.67 bits per heavy atom. The summed E-state index contributed by atoms with van der Waals surface area (Å²) < 4.78 is 0. The van der Waals surface area contributed by atoms with Crippen LogP contribution in [0, 0.1) is 0 Å². The highest BCUT2D eigenvalue weighted by molar-refractivity contribution is 5.72. The maximum atomic E-state index is 11.1. The van der Waals surface area contributed by atoms with Crippen molar-refractivity contribution < 1.29 is 20.1 Å². The van der Waals surface area contributed by atoms with Gasteiger partial charge in [0.1, 0.15) is 0 Å². The first-order valence-electron chi connectivity index (χ1n) is 6.90. The van der Waals surface area contributed by atoms with Gasteiger partial charge in [-0.15, -0.1) is 0 Å². The molecule has 4 atom stereocenters. The van der Waals surface area contributed by atoms with Crippen molar-refractivity contribution in [3.63, 3.8) is 0 Å². The van der Waals surface area contributed by atoms with E-state index in [1.807, 2.05) is 11.0 Å². The van der Waals surface area contributed by atoms with Gasteiger partial charge in [-0.05, 0) is 11.6 Å². The van der Waals surface area contributed by atoms with Crippen LogP contribution in [-0.4, -0.2) is 68.6 Å². The van der Waals surface area contributed by atoms with Crippen molar-refractivity contribution in [2.24, 2.45) is 0 Å². The lowest BCUT2D eigenvalue weighted by Crippen LogP contribution is -2.46. The standard InChI is InChI=1S/C14H21N3O4/c1-9(19)16-6-11-13(20)14(21)12(8-18)17(11)7-10-3-2-4-15-5-10/h2-5,11-14,18,20-21H,6-8H2,1H3,(H,16,19). The molecule has 1 saturated heterocycles. The second-order valence-corrected chi connectivity index (χ2v) is 5.27. The number of hydrogen-bond acceptors (Lipinski definition) is 6. The number of hydrogen-bond donors (Lipinski definition) is 4. The number of nitrogens with one attached hydrogen (secondary N) is 1. The van der Waals surface area contributed by atoms with Gasteiger partial charge < -0.3 is 20.6 Å². The highest BCUT2D eigenvalue weighted by atomic mass is 16.3. The molecule has 7 nitrogen and oxygen atoms in total. The lowest BCUT2D eigenvalue weighted by molar-refractivity contribution is -0.119. The number of rotatable bonds is 5. The Bertz CT molecular complexity index is 471. The first-order valence-corrected chi connectivity index (χ1v) is 6.90. The van der Waals surface area contributed by atoms with E-state index in [0.29, 0.717) is 6.54 Å². The molecule has 0 aliphatic carbocycles. The van der Waals surface area contributed by atoms with E-state index in [2.05, 4.69) is 10.3 Å². The molecule has 1 fully saturated rings. The van der Waals surface area contributed by atoms with Gasteiger partial charge in [0.05, 0.1) is 30.9 Å². The van der Waals surface area contributed by atoms with E-state index in [0.717, 1.165) is 5.56 Å². The first kappa shape index (κ1) is 15.8. The van der Waals surface area contributed by atoms with E-state index in [4.69, 9.17) is 0 Å². The van der Waals surface area contributed by atoms with E-state index in [-0.39, 0.29) is 19.1 Å². The molecular formula is C14H21N3O4. The lowest BCUT2D eigenvalue weighted by Gasteiger charge is -2.29. The number of aromatic nitrogens is 1. The van der Waals surface area contributed by atoms with Crippen LogP contribution in [0.4, 0.5) is 0 Å². The molecule has 21 heavy (non-hydrogen) atoms. The lowest BCUT2D eigenvalue weighted by atomic mass is 10.1. The van der Waals surface area contributed by atoms with Crippen LogP contribution < -0.4 is 5.32 Å². The molecule has 1 amide bonds. The van der Waals surface area contributed by atoms with Crippen LogP contribution in [0.5, 0.6) is 0 Å². The summed E-state index contributed by atoms with van der Waals surface area (Å²) in [7, 11) is 0. The van der Waals surface area contributed by atoms with Gasteiger partial charge in [-0.1, -0.05) is 6.07 Å². The SMILES string of the molecule is CC(=O)NCC1C(O)C(O)C(CO)N1Cc1cccnc1. The Morgan fingerprint density at radius 1 is 1.38 bits per heavy atom. The number of pyridine rings is 1. The van der Waals surface area contributed by atoms with Crippen molar-refractivity contribution in [1.82, 2.24) is 15.2 Å². The molecule has 0 spiro atoms. The van der Waals surface area contributed by atoms with Gasteiger partial charge >= 0.3 is 0 Å². The summed E-state index contributed by atoms with van der Waals surface area (Å²) in [5.41, 5.74) is 0.907. The minimum Gasteiger partial charge on any atom is -0.395 e. The van der Waals surface area contributed by atoms with Crippen molar-refractivity contribution in [2.45, 2.75) is 37.8 Å². The third kappa shape index (κ3) is 3.56. The van der Waals surface area contributed by atoms with Gasteiger partial charge in [-0.25, -0.2) is 0 Å². The fraction of sp³-hybridized carbons (Fsp3) is 0.571. The Labute approximate surface area is 123 Å². The molecule has 0 radical (unpaired) electrons. The molecule has 1 aliphatic heterocycles. The maximum absolute atomic E-state index is 11.1. The van der Waals surface area contributed by atoms with Crippen LogP contribution in [0.25, 0.3) is 0 Å². The van der Waals surface area contributed by atoms with Crippen molar-refractivity contribution in [3.05, 3.63) is 30.1 Å². The molecule has 4 unspecified atom stereocenters. The number of carbonyl (C=O) groups is 1. The normalized spacial score (nSPS) is 29.5. The summed E-state index contributed by atoms with van der Waals surface area (Å²) in [5.74, 6) is -0.203.